The normalized spacial score (nSPS) is 15.4. The van der Waals surface area contributed by atoms with Gasteiger partial charge in [0.05, 0.1) is 6.10 Å². The monoisotopic (exact) mass is 254 g/mol. The summed E-state index contributed by atoms with van der Waals surface area (Å²) in [7, 11) is 0. The zero-order chi connectivity index (χ0) is 13.4. The Bertz CT molecular complexity index is 607. The molecule has 0 radical (unpaired) electrons. The Kier molecular flexibility index (Phi) is 2.91. The largest absolute Gasteiger partial charge is 0.398 e. The van der Waals surface area contributed by atoms with Crippen LogP contribution in [-0.4, -0.2) is 5.11 Å². The number of hydrogen-bond donors (Lipinski definition) is 2. The molecule has 1 aliphatic heterocycles. The molecular weight excluding hydrogens is 236 g/mol. The molecule has 3 heteroatoms. The molecule has 19 heavy (non-hydrogen) atoms. The van der Waals surface area contributed by atoms with Crippen LogP contribution in [0.4, 0.5) is 11.4 Å². The van der Waals surface area contributed by atoms with Crippen LogP contribution in [0.5, 0.6) is 0 Å². The quantitative estimate of drug-likeness (QED) is 0.810. The molecule has 1 heterocycles. The number of fused-ring (bicyclic) bond motifs is 1. The van der Waals surface area contributed by atoms with Crippen LogP contribution >= 0.6 is 0 Å². The standard InChI is InChI=1S/C16H18N2O/c1-11(19)13-6-2-3-8-16(13)18-9-12-5-4-7-15(17)14(12)10-18/h2-8,11,19H,9-10,17H2,1H3. The van der Waals surface area contributed by atoms with E-state index in [-0.39, 0.29) is 0 Å². The van der Waals surface area contributed by atoms with Crippen molar-refractivity contribution >= 4 is 11.4 Å². The lowest BCUT2D eigenvalue weighted by molar-refractivity contribution is 0.199. The van der Waals surface area contributed by atoms with Crippen molar-refractivity contribution in [3.05, 3.63) is 59.2 Å². The number of anilines is 2. The predicted octanol–water partition coefficient (Wildman–Crippen LogP) is 2.84. The van der Waals surface area contributed by atoms with Crippen LogP contribution in [0.2, 0.25) is 0 Å². The van der Waals surface area contributed by atoms with Crippen molar-refractivity contribution in [1.29, 1.82) is 0 Å². The molecule has 1 atom stereocenters. The highest BCUT2D eigenvalue weighted by Gasteiger charge is 2.23. The van der Waals surface area contributed by atoms with E-state index in [0.717, 1.165) is 30.0 Å². The number of nitrogens with two attached hydrogens (primary N) is 1. The third-order valence-corrected chi connectivity index (χ3v) is 3.75. The molecule has 0 saturated heterocycles. The number of para-hydroxylation sites is 1. The smallest absolute Gasteiger partial charge is 0.0781 e. The first-order valence-electron chi connectivity index (χ1n) is 6.55. The van der Waals surface area contributed by atoms with Crippen molar-refractivity contribution in [1.82, 2.24) is 0 Å². The number of nitrogen functional groups attached to an aromatic ring is 1. The summed E-state index contributed by atoms with van der Waals surface area (Å²) in [6, 6.07) is 14.1. The molecule has 0 spiro atoms. The molecule has 2 aromatic rings. The molecule has 2 aromatic carbocycles. The van der Waals surface area contributed by atoms with E-state index in [0.29, 0.717) is 0 Å². The van der Waals surface area contributed by atoms with Crippen LogP contribution in [0.25, 0.3) is 0 Å². The summed E-state index contributed by atoms with van der Waals surface area (Å²) in [4.78, 5) is 2.27. The van der Waals surface area contributed by atoms with Gasteiger partial charge in [-0.3, -0.25) is 0 Å². The number of rotatable bonds is 2. The number of aliphatic hydroxyl groups excluding tert-OH is 1. The zero-order valence-corrected chi connectivity index (χ0v) is 11.0. The van der Waals surface area contributed by atoms with Gasteiger partial charge in [0.15, 0.2) is 0 Å². The maximum atomic E-state index is 9.89. The van der Waals surface area contributed by atoms with E-state index in [2.05, 4.69) is 17.0 Å². The Hall–Kier alpha value is -2.00. The third kappa shape index (κ3) is 2.06. The highest BCUT2D eigenvalue weighted by molar-refractivity contribution is 5.62. The van der Waals surface area contributed by atoms with Crippen LogP contribution < -0.4 is 10.6 Å². The molecule has 3 rings (SSSR count). The minimum absolute atomic E-state index is 0.461. The van der Waals surface area contributed by atoms with Crippen molar-refractivity contribution in [2.24, 2.45) is 0 Å². The van der Waals surface area contributed by atoms with Gasteiger partial charge in [-0.1, -0.05) is 30.3 Å². The Labute approximate surface area is 113 Å². The first-order valence-corrected chi connectivity index (χ1v) is 6.55. The van der Waals surface area contributed by atoms with Crippen LogP contribution in [0.15, 0.2) is 42.5 Å². The van der Waals surface area contributed by atoms with Gasteiger partial charge in [0.25, 0.3) is 0 Å². The fraction of sp³-hybridized carbons (Fsp3) is 0.250. The molecule has 0 fully saturated rings. The zero-order valence-electron chi connectivity index (χ0n) is 11.0. The lowest BCUT2D eigenvalue weighted by atomic mass is 10.1. The minimum atomic E-state index is -0.461. The lowest BCUT2D eigenvalue weighted by Gasteiger charge is -2.22. The molecule has 0 saturated carbocycles. The van der Waals surface area contributed by atoms with E-state index in [1.165, 1.54) is 11.1 Å². The summed E-state index contributed by atoms with van der Waals surface area (Å²) < 4.78 is 0. The molecule has 1 aliphatic rings. The van der Waals surface area contributed by atoms with Crippen molar-refractivity contribution in [2.75, 3.05) is 10.6 Å². The summed E-state index contributed by atoms with van der Waals surface area (Å²) in [6.07, 6.45) is -0.461. The fourth-order valence-electron chi connectivity index (χ4n) is 2.75. The molecule has 0 aromatic heterocycles. The van der Waals surface area contributed by atoms with Gasteiger partial charge in [0.2, 0.25) is 0 Å². The molecule has 3 N–H and O–H groups in total. The third-order valence-electron chi connectivity index (χ3n) is 3.75. The van der Waals surface area contributed by atoms with Gasteiger partial charge in [-0.2, -0.15) is 0 Å². The number of nitrogens with zero attached hydrogens (tertiary/aromatic N) is 1. The SMILES string of the molecule is CC(O)c1ccccc1N1Cc2cccc(N)c2C1. The van der Waals surface area contributed by atoms with Crippen molar-refractivity contribution in [3.63, 3.8) is 0 Å². The Morgan fingerprint density at radius 1 is 1.11 bits per heavy atom. The van der Waals surface area contributed by atoms with Gasteiger partial charge in [-0.05, 0) is 30.2 Å². The first kappa shape index (κ1) is 12.1. The summed E-state index contributed by atoms with van der Waals surface area (Å²) in [5.41, 5.74) is 11.4. The molecule has 0 aliphatic carbocycles. The number of hydrogen-bond acceptors (Lipinski definition) is 3. The van der Waals surface area contributed by atoms with Crippen molar-refractivity contribution in [3.8, 4) is 0 Å². The highest BCUT2D eigenvalue weighted by atomic mass is 16.3. The van der Waals surface area contributed by atoms with Gasteiger partial charge in [-0.25, -0.2) is 0 Å². The van der Waals surface area contributed by atoms with E-state index in [1.54, 1.807) is 6.92 Å². The summed E-state index contributed by atoms with van der Waals surface area (Å²) >= 11 is 0. The van der Waals surface area contributed by atoms with Crippen molar-refractivity contribution < 1.29 is 5.11 Å². The van der Waals surface area contributed by atoms with Gasteiger partial charge in [0, 0.05) is 30.0 Å². The predicted molar refractivity (Wildman–Crippen MR) is 77.8 cm³/mol. The average molecular weight is 254 g/mol. The van der Waals surface area contributed by atoms with E-state index in [4.69, 9.17) is 5.73 Å². The molecule has 3 nitrogen and oxygen atoms in total. The van der Waals surface area contributed by atoms with Crippen LogP contribution in [-0.2, 0) is 13.1 Å². The van der Waals surface area contributed by atoms with Crippen LogP contribution in [0, 0.1) is 0 Å². The Morgan fingerprint density at radius 3 is 2.63 bits per heavy atom. The van der Waals surface area contributed by atoms with E-state index in [1.807, 2.05) is 30.3 Å². The summed E-state index contributed by atoms with van der Waals surface area (Å²) in [5.74, 6) is 0. The molecule has 98 valence electrons. The highest BCUT2D eigenvalue weighted by Crippen LogP contribution is 2.34. The second-order valence-corrected chi connectivity index (χ2v) is 5.08. The molecule has 1 unspecified atom stereocenters. The topological polar surface area (TPSA) is 49.5 Å². The Morgan fingerprint density at radius 2 is 1.89 bits per heavy atom. The van der Waals surface area contributed by atoms with Gasteiger partial charge >= 0.3 is 0 Å². The van der Waals surface area contributed by atoms with Crippen molar-refractivity contribution in [2.45, 2.75) is 26.1 Å². The fourth-order valence-corrected chi connectivity index (χ4v) is 2.75. The number of aliphatic hydroxyl groups is 1. The van der Waals surface area contributed by atoms with E-state index >= 15 is 0 Å². The van der Waals surface area contributed by atoms with Crippen LogP contribution in [0.1, 0.15) is 29.7 Å². The summed E-state index contributed by atoms with van der Waals surface area (Å²) in [6.45, 7) is 3.46. The van der Waals surface area contributed by atoms with Crippen LogP contribution in [0.3, 0.4) is 0 Å². The average Bonchev–Trinajstić information content (AvgIpc) is 2.84. The molecule has 0 amide bonds. The van der Waals surface area contributed by atoms with Gasteiger partial charge in [-0.15, -0.1) is 0 Å². The lowest BCUT2D eigenvalue weighted by Crippen LogP contribution is -2.17. The number of benzene rings is 2. The molecular formula is C16H18N2O. The van der Waals surface area contributed by atoms with E-state index < -0.39 is 6.10 Å². The Balaban J connectivity index is 1.97. The van der Waals surface area contributed by atoms with Gasteiger partial charge in [0.1, 0.15) is 0 Å². The van der Waals surface area contributed by atoms with E-state index in [9.17, 15) is 5.11 Å². The maximum absolute atomic E-state index is 9.89. The minimum Gasteiger partial charge on any atom is -0.398 e. The second kappa shape index (κ2) is 4.59. The molecule has 0 bridgehead atoms. The summed E-state index contributed by atoms with van der Waals surface area (Å²) in [5, 5.41) is 9.89. The first-order chi connectivity index (χ1) is 9.16. The second-order valence-electron chi connectivity index (χ2n) is 5.08. The maximum Gasteiger partial charge on any atom is 0.0781 e. The van der Waals surface area contributed by atoms with Gasteiger partial charge < -0.3 is 15.7 Å².